The largest absolute Gasteiger partial charge is 0.352 e. The summed E-state index contributed by atoms with van der Waals surface area (Å²) >= 11 is 0. The molecule has 0 atom stereocenters. The van der Waals surface area contributed by atoms with Crippen LogP contribution in [0.5, 0.6) is 0 Å². The number of aryl methyl sites for hydroxylation is 1. The average Bonchev–Trinajstić information content (AvgIpc) is 3.02. The van der Waals surface area contributed by atoms with Crippen molar-refractivity contribution in [1.29, 1.82) is 0 Å². The fourth-order valence-electron chi connectivity index (χ4n) is 3.33. The fraction of sp³-hybridized carbons (Fsp3) is 0.300. The smallest absolute Gasteiger partial charge is 0.251 e. The summed E-state index contributed by atoms with van der Waals surface area (Å²) in [7, 11) is 0. The van der Waals surface area contributed by atoms with Crippen molar-refractivity contribution in [3.8, 4) is 0 Å². The van der Waals surface area contributed by atoms with Crippen molar-refractivity contribution in [3.63, 3.8) is 0 Å². The van der Waals surface area contributed by atoms with Crippen molar-refractivity contribution < 1.29 is 6.22 Å². The Bertz CT molecular complexity index is 731. The molecule has 1 N–H and O–H groups in total. The second kappa shape index (κ2) is 6.78. The van der Waals surface area contributed by atoms with Crippen LogP contribution in [0.25, 0.3) is 5.57 Å². The number of nitrogens with one attached hydrogen (secondary N) is 1. The Morgan fingerprint density at radius 2 is 2.13 bits per heavy atom. The van der Waals surface area contributed by atoms with Crippen molar-refractivity contribution >= 4 is 18.2 Å². The van der Waals surface area contributed by atoms with Gasteiger partial charge in [-0.3, -0.25) is 9.79 Å². The molecule has 1 aromatic rings. The highest BCUT2D eigenvalue weighted by molar-refractivity contribution is 5.96. The molecule has 0 saturated carbocycles. The standard InChI is InChI=1S/C20H22N2O.H2/c1-3-16-17(10-11-19(16)21-2)15-8-9-18-14(13-15)7-5-4-6-12-22-20(18)23;/h3,8-10,13H,1-2,4-7,11-12H2,(H,22,23);1H. The molecule has 1 aliphatic carbocycles. The van der Waals surface area contributed by atoms with E-state index in [1.165, 1.54) is 0 Å². The molecule has 0 unspecified atom stereocenters. The van der Waals surface area contributed by atoms with E-state index in [-0.39, 0.29) is 7.33 Å². The summed E-state index contributed by atoms with van der Waals surface area (Å²) in [5, 5.41) is 3.00. The normalized spacial score (nSPS) is 18.3. The van der Waals surface area contributed by atoms with Gasteiger partial charge in [0.05, 0.1) is 5.70 Å². The third-order valence-corrected chi connectivity index (χ3v) is 4.56. The maximum atomic E-state index is 12.3. The molecule has 3 rings (SSSR count). The molecule has 0 fully saturated rings. The number of nitrogens with zero attached hydrogens (tertiary/aromatic N) is 1. The van der Waals surface area contributed by atoms with E-state index in [0.717, 1.165) is 72.2 Å². The number of allylic oxidation sites excluding steroid dienone is 4. The minimum atomic E-state index is 0. The van der Waals surface area contributed by atoms with E-state index in [1.807, 2.05) is 18.2 Å². The maximum absolute atomic E-state index is 12.3. The van der Waals surface area contributed by atoms with Crippen LogP contribution in [0, 0.1) is 0 Å². The van der Waals surface area contributed by atoms with Gasteiger partial charge in [0.1, 0.15) is 0 Å². The van der Waals surface area contributed by atoms with E-state index < -0.39 is 0 Å². The molecule has 0 radical (unpaired) electrons. The number of carbonyl (C=O) groups is 1. The molecular formula is C20H24N2O. The third kappa shape index (κ3) is 3.04. The van der Waals surface area contributed by atoms with Crippen LogP contribution >= 0.6 is 0 Å². The number of rotatable bonds is 3. The minimum absolute atomic E-state index is 0. The summed E-state index contributed by atoms with van der Waals surface area (Å²) in [6, 6.07) is 6.13. The lowest BCUT2D eigenvalue weighted by Gasteiger charge is -2.12. The Hall–Kier alpha value is -2.42. The summed E-state index contributed by atoms with van der Waals surface area (Å²) < 4.78 is 0. The second-order valence-corrected chi connectivity index (χ2v) is 5.98. The van der Waals surface area contributed by atoms with Crippen molar-refractivity contribution in [2.75, 3.05) is 6.54 Å². The molecule has 1 aliphatic heterocycles. The lowest BCUT2D eigenvalue weighted by Crippen LogP contribution is -2.24. The van der Waals surface area contributed by atoms with Crippen molar-refractivity contribution in [2.24, 2.45) is 4.99 Å². The summed E-state index contributed by atoms with van der Waals surface area (Å²) in [5.74, 6) is 0.0433. The zero-order valence-corrected chi connectivity index (χ0v) is 13.4. The van der Waals surface area contributed by atoms with Gasteiger partial charge in [0.2, 0.25) is 0 Å². The molecule has 0 spiro atoms. The van der Waals surface area contributed by atoms with Gasteiger partial charge in [-0.15, -0.1) is 0 Å². The molecule has 3 nitrogen and oxygen atoms in total. The quantitative estimate of drug-likeness (QED) is 0.830. The van der Waals surface area contributed by atoms with Gasteiger partial charge >= 0.3 is 0 Å². The van der Waals surface area contributed by atoms with Gasteiger partial charge in [-0.05, 0) is 48.7 Å². The molecule has 3 heteroatoms. The van der Waals surface area contributed by atoms with E-state index in [1.54, 1.807) is 0 Å². The molecule has 23 heavy (non-hydrogen) atoms. The van der Waals surface area contributed by atoms with Crippen molar-refractivity contribution in [2.45, 2.75) is 32.1 Å². The van der Waals surface area contributed by atoms with Crippen LogP contribution in [0.4, 0.5) is 0 Å². The lowest BCUT2D eigenvalue weighted by atomic mass is 9.93. The Balaban J connectivity index is 0.00000208. The van der Waals surface area contributed by atoms with Gasteiger partial charge in [-0.2, -0.15) is 0 Å². The highest BCUT2D eigenvalue weighted by atomic mass is 16.1. The molecule has 120 valence electrons. The van der Waals surface area contributed by atoms with E-state index in [4.69, 9.17) is 0 Å². The zero-order chi connectivity index (χ0) is 16.2. The van der Waals surface area contributed by atoms with Gasteiger partial charge in [0.15, 0.2) is 0 Å². The summed E-state index contributed by atoms with van der Waals surface area (Å²) in [5.41, 5.74) is 6.23. The molecule has 0 bridgehead atoms. The molecule has 1 amide bonds. The summed E-state index contributed by atoms with van der Waals surface area (Å²) in [6.45, 7) is 8.31. The number of aliphatic imine (C=N–C) groups is 1. The first kappa shape index (κ1) is 15.5. The number of hydrogen-bond acceptors (Lipinski definition) is 2. The number of carbonyl (C=O) groups excluding carboxylic acids is 1. The first-order valence-electron chi connectivity index (χ1n) is 8.19. The number of benzene rings is 1. The van der Waals surface area contributed by atoms with Crippen molar-refractivity contribution in [3.05, 3.63) is 64.9 Å². The molecule has 0 saturated heterocycles. The van der Waals surface area contributed by atoms with E-state index in [0.29, 0.717) is 0 Å². The number of amides is 1. The number of hydrogen-bond donors (Lipinski definition) is 1. The van der Waals surface area contributed by atoms with Crippen LogP contribution in [0.3, 0.4) is 0 Å². The van der Waals surface area contributed by atoms with E-state index in [2.05, 4.69) is 35.7 Å². The summed E-state index contributed by atoms with van der Waals surface area (Å²) in [6.07, 6.45) is 9.06. The SMILES string of the molecule is C=CC1=C(N=C)CC=C1c1ccc2c(c1)CCCCCNC2=O.[HH]. The van der Waals surface area contributed by atoms with Gasteiger partial charge in [0, 0.05) is 25.5 Å². The van der Waals surface area contributed by atoms with Gasteiger partial charge < -0.3 is 5.32 Å². The molecule has 2 aliphatic rings. The minimum Gasteiger partial charge on any atom is -0.352 e. The molecular weight excluding hydrogens is 284 g/mol. The van der Waals surface area contributed by atoms with Crippen LogP contribution in [0.2, 0.25) is 0 Å². The molecule has 1 aromatic carbocycles. The highest BCUT2D eigenvalue weighted by Gasteiger charge is 2.19. The van der Waals surface area contributed by atoms with Crippen LogP contribution in [0.15, 0.2) is 53.2 Å². The van der Waals surface area contributed by atoms with Gasteiger partial charge in [-0.1, -0.05) is 37.3 Å². The van der Waals surface area contributed by atoms with Gasteiger partial charge in [0.25, 0.3) is 5.91 Å². The maximum Gasteiger partial charge on any atom is 0.251 e. The van der Waals surface area contributed by atoms with Crippen LogP contribution in [-0.2, 0) is 6.42 Å². The van der Waals surface area contributed by atoms with E-state index >= 15 is 0 Å². The van der Waals surface area contributed by atoms with Crippen LogP contribution in [-0.4, -0.2) is 19.2 Å². The monoisotopic (exact) mass is 308 g/mol. The van der Waals surface area contributed by atoms with Crippen LogP contribution in [0.1, 0.15) is 48.6 Å². The second-order valence-electron chi connectivity index (χ2n) is 5.98. The molecule has 0 aromatic heterocycles. The first-order chi connectivity index (χ1) is 11.2. The van der Waals surface area contributed by atoms with Crippen LogP contribution < -0.4 is 5.32 Å². The Morgan fingerprint density at radius 1 is 1.26 bits per heavy atom. The van der Waals surface area contributed by atoms with E-state index in [9.17, 15) is 4.79 Å². The lowest BCUT2D eigenvalue weighted by molar-refractivity contribution is 0.0953. The fourth-order valence-corrected chi connectivity index (χ4v) is 3.33. The van der Waals surface area contributed by atoms with Crippen molar-refractivity contribution in [1.82, 2.24) is 5.32 Å². The average molecular weight is 308 g/mol. The summed E-state index contributed by atoms with van der Waals surface area (Å²) in [4.78, 5) is 16.4. The van der Waals surface area contributed by atoms with Gasteiger partial charge in [-0.25, -0.2) is 0 Å². The Morgan fingerprint density at radius 3 is 2.91 bits per heavy atom. The highest BCUT2D eigenvalue weighted by Crippen LogP contribution is 2.35. The predicted octanol–water partition coefficient (Wildman–Crippen LogP) is 4.32. The first-order valence-corrected chi connectivity index (χ1v) is 8.19. The molecule has 1 heterocycles. The third-order valence-electron chi connectivity index (χ3n) is 4.56. The number of fused-ring (bicyclic) bond motifs is 1. The zero-order valence-electron chi connectivity index (χ0n) is 13.4. The Kier molecular flexibility index (Phi) is 4.56. The Labute approximate surface area is 139 Å². The topological polar surface area (TPSA) is 41.5 Å². The predicted molar refractivity (Wildman–Crippen MR) is 97.8 cm³/mol.